The molecule has 0 fully saturated rings. The van der Waals surface area contributed by atoms with Gasteiger partial charge in [-0.3, -0.25) is 4.79 Å². The second-order valence-electron chi connectivity index (χ2n) is 4.60. The number of methoxy groups -OCH3 is 1. The maximum atomic E-state index is 12.2. The fourth-order valence-electron chi connectivity index (χ4n) is 2.13. The normalized spacial score (nSPS) is 10.6. The van der Waals surface area contributed by atoms with Gasteiger partial charge in [0.15, 0.2) is 0 Å². The van der Waals surface area contributed by atoms with Gasteiger partial charge in [-0.15, -0.1) is 0 Å². The van der Waals surface area contributed by atoms with Crippen molar-refractivity contribution in [2.75, 3.05) is 7.11 Å². The van der Waals surface area contributed by atoms with E-state index in [0.717, 1.165) is 5.39 Å². The molecule has 0 aliphatic carbocycles. The molecule has 0 saturated heterocycles. The van der Waals surface area contributed by atoms with Gasteiger partial charge in [0.05, 0.1) is 18.2 Å². The lowest BCUT2D eigenvalue weighted by molar-refractivity contribution is 0.0445. The highest BCUT2D eigenvalue weighted by Gasteiger charge is 2.13. The molecule has 0 saturated carbocycles. The van der Waals surface area contributed by atoms with Crippen LogP contribution in [-0.4, -0.2) is 18.1 Å². The SMILES string of the molecule is COc1coc(COC(=O)c2cccc3cc[nH]c23)cc1=O. The zero-order valence-corrected chi connectivity index (χ0v) is 11.8. The maximum absolute atomic E-state index is 12.2. The van der Waals surface area contributed by atoms with E-state index in [1.54, 1.807) is 18.3 Å². The summed E-state index contributed by atoms with van der Waals surface area (Å²) in [5.74, 6) is -0.143. The minimum absolute atomic E-state index is 0.103. The first-order valence-corrected chi connectivity index (χ1v) is 6.58. The van der Waals surface area contributed by atoms with Crippen LogP contribution in [0, 0.1) is 0 Å². The molecule has 0 aliphatic rings. The zero-order valence-electron chi connectivity index (χ0n) is 11.8. The molecule has 6 heteroatoms. The monoisotopic (exact) mass is 299 g/mol. The Morgan fingerprint density at radius 1 is 1.32 bits per heavy atom. The minimum Gasteiger partial charge on any atom is -0.490 e. The highest BCUT2D eigenvalue weighted by molar-refractivity contribution is 6.02. The Balaban J connectivity index is 1.76. The Hall–Kier alpha value is -3.02. The number of hydrogen-bond donors (Lipinski definition) is 1. The number of fused-ring (bicyclic) bond motifs is 1. The van der Waals surface area contributed by atoms with Crippen LogP contribution < -0.4 is 10.2 Å². The van der Waals surface area contributed by atoms with E-state index < -0.39 is 5.97 Å². The van der Waals surface area contributed by atoms with Crippen molar-refractivity contribution < 1.29 is 18.7 Å². The van der Waals surface area contributed by atoms with Crippen LogP contribution in [0.4, 0.5) is 0 Å². The van der Waals surface area contributed by atoms with Gasteiger partial charge in [-0.2, -0.15) is 0 Å². The number of rotatable bonds is 4. The van der Waals surface area contributed by atoms with Crippen LogP contribution in [0.1, 0.15) is 16.1 Å². The molecule has 0 aliphatic heterocycles. The van der Waals surface area contributed by atoms with Crippen molar-refractivity contribution in [2.45, 2.75) is 6.61 Å². The van der Waals surface area contributed by atoms with Crippen LogP contribution in [0.5, 0.6) is 5.75 Å². The van der Waals surface area contributed by atoms with E-state index in [4.69, 9.17) is 13.9 Å². The number of carbonyl (C=O) groups excluding carboxylic acids is 1. The van der Waals surface area contributed by atoms with Crippen LogP contribution >= 0.6 is 0 Å². The average Bonchev–Trinajstić information content (AvgIpc) is 3.01. The number of benzene rings is 1. The quantitative estimate of drug-likeness (QED) is 0.748. The molecule has 22 heavy (non-hydrogen) atoms. The summed E-state index contributed by atoms with van der Waals surface area (Å²) >= 11 is 0. The molecule has 3 rings (SSSR count). The Morgan fingerprint density at radius 2 is 2.18 bits per heavy atom. The number of hydrogen-bond acceptors (Lipinski definition) is 5. The van der Waals surface area contributed by atoms with Gasteiger partial charge in [0.25, 0.3) is 0 Å². The second-order valence-corrected chi connectivity index (χ2v) is 4.60. The molecule has 112 valence electrons. The van der Waals surface area contributed by atoms with Crippen molar-refractivity contribution in [2.24, 2.45) is 0 Å². The minimum atomic E-state index is -0.494. The van der Waals surface area contributed by atoms with E-state index in [2.05, 4.69) is 4.98 Å². The molecule has 3 aromatic rings. The molecular formula is C16H13NO5. The van der Waals surface area contributed by atoms with Gasteiger partial charge in [-0.1, -0.05) is 12.1 Å². The molecule has 1 N–H and O–H groups in total. The Bertz CT molecular complexity index is 877. The van der Waals surface area contributed by atoms with Crippen molar-refractivity contribution in [1.29, 1.82) is 0 Å². The summed E-state index contributed by atoms with van der Waals surface area (Å²) in [5, 5.41) is 0.922. The van der Waals surface area contributed by atoms with Crippen LogP contribution in [0.15, 0.2) is 52.0 Å². The molecule has 0 radical (unpaired) electrons. The average molecular weight is 299 g/mol. The van der Waals surface area contributed by atoms with Crippen molar-refractivity contribution in [3.63, 3.8) is 0 Å². The molecule has 6 nitrogen and oxygen atoms in total. The van der Waals surface area contributed by atoms with E-state index in [1.165, 1.54) is 19.4 Å². The molecule has 0 atom stereocenters. The molecule has 1 aromatic carbocycles. The van der Waals surface area contributed by atoms with Crippen LogP contribution in [0.2, 0.25) is 0 Å². The summed E-state index contributed by atoms with van der Waals surface area (Å²) < 4.78 is 15.2. The zero-order chi connectivity index (χ0) is 15.5. The van der Waals surface area contributed by atoms with Gasteiger partial charge in [0.1, 0.15) is 18.6 Å². The Kier molecular flexibility index (Phi) is 3.65. The topological polar surface area (TPSA) is 81.5 Å². The third-order valence-corrected chi connectivity index (χ3v) is 3.22. The first-order valence-electron chi connectivity index (χ1n) is 6.58. The van der Waals surface area contributed by atoms with E-state index in [9.17, 15) is 9.59 Å². The first-order chi connectivity index (χ1) is 10.7. The number of carbonyl (C=O) groups is 1. The summed E-state index contributed by atoms with van der Waals surface area (Å²) in [7, 11) is 1.38. The van der Waals surface area contributed by atoms with Crippen molar-refractivity contribution in [3.05, 3.63) is 64.3 Å². The van der Waals surface area contributed by atoms with Gasteiger partial charge in [0.2, 0.25) is 11.2 Å². The molecule has 0 unspecified atom stereocenters. The Morgan fingerprint density at radius 3 is 2.95 bits per heavy atom. The highest BCUT2D eigenvalue weighted by Crippen LogP contribution is 2.18. The van der Waals surface area contributed by atoms with Gasteiger partial charge >= 0.3 is 5.97 Å². The van der Waals surface area contributed by atoms with Crippen molar-refractivity contribution in [1.82, 2.24) is 4.98 Å². The third kappa shape index (κ3) is 2.58. The van der Waals surface area contributed by atoms with Crippen molar-refractivity contribution >= 4 is 16.9 Å². The summed E-state index contributed by atoms with van der Waals surface area (Å²) in [6, 6.07) is 8.45. The number of aromatic nitrogens is 1. The second kappa shape index (κ2) is 5.77. The molecule has 0 amide bonds. The van der Waals surface area contributed by atoms with Gasteiger partial charge in [0, 0.05) is 17.6 Å². The van der Waals surface area contributed by atoms with E-state index in [-0.39, 0.29) is 23.5 Å². The lowest BCUT2D eigenvalue weighted by Gasteiger charge is -2.06. The fraction of sp³-hybridized carbons (Fsp3) is 0.125. The molecule has 2 heterocycles. The van der Waals surface area contributed by atoms with Gasteiger partial charge < -0.3 is 18.9 Å². The van der Waals surface area contributed by atoms with E-state index in [0.29, 0.717) is 11.1 Å². The van der Waals surface area contributed by atoms with Crippen LogP contribution in [-0.2, 0) is 11.3 Å². The maximum Gasteiger partial charge on any atom is 0.340 e. The summed E-state index contributed by atoms with van der Waals surface area (Å²) in [6.07, 6.45) is 2.95. The van der Waals surface area contributed by atoms with Gasteiger partial charge in [-0.25, -0.2) is 4.79 Å². The molecular weight excluding hydrogens is 286 g/mol. The first kappa shape index (κ1) is 13.9. The smallest absolute Gasteiger partial charge is 0.340 e. The summed E-state index contributed by atoms with van der Waals surface area (Å²) in [5.41, 5.74) is 0.813. The fourth-order valence-corrected chi connectivity index (χ4v) is 2.13. The molecule has 0 spiro atoms. The number of esters is 1. The summed E-state index contributed by atoms with van der Waals surface area (Å²) in [4.78, 5) is 26.7. The van der Waals surface area contributed by atoms with E-state index >= 15 is 0 Å². The lowest BCUT2D eigenvalue weighted by atomic mass is 10.1. The lowest BCUT2D eigenvalue weighted by Crippen LogP contribution is -2.09. The molecule has 2 aromatic heterocycles. The standard InChI is InChI=1S/C16H13NO5/c1-20-14-9-21-11(7-13(14)18)8-22-16(19)12-4-2-3-10-5-6-17-15(10)12/h2-7,9,17H,8H2,1H3. The van der Waals surface area contributed by atoms with Crippen LogP contribution in [0.25, 0.3) is 10.9 Å². The highest BCUT2D eigenvalue weighted by atomic mass is 16.5. The van der Waals surface area contributed by atoms with E-state index in [1.807, 2.05) is 12.1 Å². The Labute approximate surface area is 125 Å². The van der Waals surface area contributed by atoms with Gasteiger partial charge in [-0.05, 0) is 12.1 Å². The number of aromatic amines is 1. The predicted molar refractivity (Wildman–Crippen MR) is 78.9 cm³/mol. The third-order valence-electron chi connectivity index (χ3n) is 3.22. The van der Waals surface area contributed by atoms with Crippen molar-refractivity contribution in [3.8, 4) is 5.75 Å². The largest absolute Gasteiger partial charge is 0.490 e. The number of H-pyrrole nitrogens is 1. The number of ether oxygens (including phenoxy) is 2. The number of nitrogens with one attached hydrogen (secondary N) is 1. The number of para-hydroxylation sites is 1. The van der Waals surface area contributed by atoms with Crippen LogP contribution in [0.3, 0.4) is 0 Å². The molecule has 0 bridgehead atoms. The summed E-state index contributed by atoms with van der Waals surface area (Å²) in [6.45, 7) is -0.130. The predicted octanol–water partition coefficient (Wildman–Crippen LogP) is 2.49.